The number of nitrogens with zero attached hydrogens (tertiary/aromatic N) is 1. The van der Waals surface area contributed by atoms with E-state index in [1.807, 2.05) is 13.8 Å². The lowest BCUT2D eigenvalue weighted by Crippen LogP contribution is -2.17. The van der Waals surface area contributed by atoms with E-state index in [1.54, 1.807) is 18.3 Å². The van der Waals surface area contributed by atoms with Crippen LogP contribution in [0.2, 0.25) is 5.15 Å². The zero-order valence-corrected chi connectivity index (χ0v) is 8.30. The monoisotopic (exact) mass is 198 g/mol. The lowest BCUT2D eigenvalue weighted by Gasteiger charge is -2.06. The minimum atomic E-state index is -0.0352. The first-order valence-electron chi connectivity index (χ1n) is 4.02. The Labute approximate surface area is 82.1 Å². The Balaban J connectivity index is 2.69. The summed E-state index contributed by atoms with van der Waals surface area (Å²) >= 11 is 5.65. The first kappa shape index (κ1) is 9.99. The number of hydrogen-bond donors (Lipinski definition) is 1. The van der Waals surface area contributed by atoms with E-state index in [4.69, 9.17) is 11.6 Å². The molecule has 0 aromatic carbocycles. The van der Waals surface area contributed by atoms with Gasteiger partial charge in [-0.1, -0.05) is 25.4 Å². The van der Waals surface area contributed by atoms with Crippen LogP contribution in [0.25, 0.3) is 0 Å². The second kappa shape index (κ2) is 4.23. The van der Waals surface area contributed by atoms with Gasteiger partial charge in [0.05, 0.1) is 0 Å². The number of hydrogen-bond acceptors (Lipinski definition) is 2. The van der Waals surface area contributed by atoms with Gasteiger partial charge in [-0.15, -0.1) is 0 Å². The molecule has 1 N–H and O–H groups in total. The summed E-state index contributed by atoms with van der Waals surface area (Å²) in [6, 6.07) is 3.31. The molecule has 4 heteroatoms. The Morgan fingerprint density at radius 2 is 2.31 bits per heavy atom. The lowest BCUT2D eigenvalue weighted by atomic mass is 10.2. The van der Waals surface area contributed by atoms with E-state index in [1.165, 1.54) is 0 Å². The molecule has 0 aliphatic heterocycles. The second-order valence-electron chi connectivity index (χ2n) is 3.01. The van der Waals surface area contributed by atoms with Gasteiger partial charge in [0.15, 0.2) is 0 Å². The van der Waals surface area contributed by atoms with Crippen molar-refractivity contribution in [2.24, 2.45) is 5.92 Å². The van der Waals surface area contributed by atoms with Gasteiger partial charge in [-0.2, -0.15) is 0 Å². The summed E-state index contributed by atoms with van der Waals surface area (Å²) in [7, 11) is 0. The highest BCUT2D eigenvalue weighted by molar-refractivity contribution is 6.29. The molecule has 0 saturated carbocycles. The zero-order valence-electron chi connectivity index (χ0n) is 7.54. The van der Waals surface area contributed by atoms with Crippen molar-refractivity contribution in [1.82, 2.24) is 4.98 Å². The molecular formula is C9H11ClN2O. The highest BCUT2D eigenvalue weighted by Gasteiger charge is 2.06. The summed E-state index contributed by atoms with van der Waals surface area (Å²) in [4.78, 5) is 15.1. The molecule has 0 atom stereocenters. The smallest absolute Gasteiger partial charge is 0.226 e. The van der Waals surface area contributed by atoms with Crippen molar-refractivity contribution in [3.05, 3.63) is 23.5 Å². The average Bonchev–Trinajstić information content (AvgIpc) is 2.04. The van der Waals surface area contributed by atoms with Crippen LogP contribution in [0.5, 0.6) is 0 Å². The molecule has 1 heterocycles. The second-order valence-corrected chi connectivity index (χ2v) is 3.40. The van der Waals surface area contributed by atoms with Gasteiger partial charge in [0.2, 0.25) is 5.91 Å². The quantitative estimate of drug-likeness (QED) is 0.742. The molecule has 0 saturated heterocycles. The van der Waals surface area contributed by atoms with Crippen molar-refractivity contribution in [3.63, 3.8) is 0 Å². The summed E-state index contributed by atoms with van der Waals surface area (Å²) in [5, 5.41) is 3.10. The number of pyridine rings is 1. The van der Waals surface area contributed by atoms with E-state index >= 15 is 0 Å². The fourth-order valence-corrected chi connectivity index (χ4v) is 0.941. The van der Waals surface area contributed by atoms with Crippen LogP contribution >= 0.6 is 11.6 Å². The average molecular weight is 199 g/mol. The first-order chi connectivity index (χ1) is 6.09. The normalized spacial score (nSPS) is 10.2. The predicted octanol–water partition coefficient (Wildman–Crippen LogP) is 2.33. The summed E-state index contributed by atoms with van der Waals surface area (Å²) < 4.78 is 0. The van der Waals surface area contributed by atoms with Crippen molar-refractivity contribution >= 4 is 23.2 Å². The van der Waals surface area contributed by atoms with E-state index in [9.17, 15) is 4.79 Å². The van der Waals surface area contributed by atoms with Gasteiger partial charge in [0.25, 0.3) is 0 Å². The number of rotatable bonds is 2. The van der Waals surface area contributed by atoms with Gasteiger partial charge in [-0.25, -0.2) is 4.98 Å². The highest BCUT2D eigenvalue weighted by Crippen LogP contribution is 2.12. The van der Waals surface area contributed by atoms with Crippen molar-refractivity contribution in [3.8, 4) is 0 Å². The maximum Gasteiger partial charge on any atom is 0.226 e. The molecule has 0 aliphatic carbocycles. The topological polar surface area (TPSA) is 42.0 Å². The minimum Gasteiger partial charge on any atom is -0.326 e. The largest absolute Gasteiger partial charge is 0.326 e. The number of carbonyl (C=O) groups is 1. The summed E-state index contributed by atoms with van der Waals surface area (Å²) in [5.41, 5.74) is 0.679. The molecule has 0 bridgehead atoms. The van der Waals surface area contributed by atoms with Crippen molar-refractivity contribution in [2.75, 3.05) is 5.32 Å². The molecule has 0 fully saturated rings. The molecule has 1 aromatic rings. The van der Waals surface area contributed by atoms with Crippen LogP contribution < -0.4 is 5.32 Å². The Morgan fingerprint density at radius 3 is 2.85 bits per heavy atom. The number of carbonyl (C=O) groups excluding carboxylic acids is 1. The summed E-state index contributed by atoms with van der Waals surface area (Å²) in [5.74, 6) is -0.0609. The molecule has 1 rings (SSSR count). The van der Waals surface area contributed by atoms with Crippen LogP contribution in [0.3, 0.4) is 0 Å². The third kappa shape index (κ3) is 3.03. The number of halogens is 1. The molecule has 0 unspecified atom stereocenters. The van der Waals surface area contributed by atoms with E-state index < -0.39 is 0 Å². The van der Waals surface area contributed by atoms with Crippen molar-refractivity contribution < 1.29 is 4.79 Å². The molecule has 0 aliphatic rings. The molecule has 3 nitrogen and oxygen atoms in total. The Morgan fingerprint density at radius 1 is 1.62 bits per heavy atom. The third-order valence-corrected chi connectivity index (χ3v) is 1.73. The maximum absolute atomic E-state index is 11.2. The van der Waals surface area contributed by atoms with Crippen LogP contribution in [-0.4, -0.2) is 10.9 Å². The van der Waals surface area contributed by atoms with Gasteiger partial charge in [0.1, 0.15) is 5.15 Å². The molecule has 1 aromatic heterocycles. The number of aromatic nitrogens is 1. The fraction of sp³-hybridized carbons (Fsp3) is 0.333. The predicted molar refractivity (Wildman–Crippen MR) is 52.7 cm³/mol. The van der Waals surface area contributed by atoms with Crippen LogP contribution in [0.4, 0.5) is 5.69 Å². The molecule has 0 spiro atoms. The lowest BCUT2D eigenvalue weighted by molar-refractivity contribution is -0.118. The van der Waals surface area contributed by atoms with Gasteiger partial charge < -0.3 is 5.32 Å². The van der Waals surface area contributed by atoms with Crippen molar-refractivity contribution in [2.45, 2.75) is 13.8 Å². The Bertz CT molecular complexity index is 312. The van der Waals surface area contributed by atoms with Crippen LogP contribution in [-0.2, 0) is 4.79 Å². The van der Waals surface area contributed by atoms with Crippen LogP contribution in [0, 0.1) is 5.92 Å². The number of amides is 1. The summed E-state index contributed by atoms with van der Waals surface area (Å²) in [6.45, 7) is 3.66. The van der Waals surface area contributed by atoms with E-state index in [2.05, 4.69) is 10.3 Å². The highest BCUT2D eigenvalue weighted by atomic mass is 35.5. The standard InChI is InChI=1S/C9H11ClN2O/c1-6(2)9(13)12-7-3-4-11-8(10)5-7/h3-6H,1-2H3,(H,11,12,13). The zero-order chi connectivity index (χ0) is 9.84. The van der Waals surface area contributed by atoms with Gasteiger partial charge in [0, 0.05) is 17.8 Å². The summed E-state index contributed by atoms with van der Waals surface area (Å²) in [6.07, 6.45) is 1.55. The number of nitrogens with one attached hydrogen (secondary N) is 1. The molecule has 0 radical (unpaired) electrons. The Kier molecular flexibility index (Phi) is 3.25. The number of anilines is 1. The molecular weight excluding hydrogens is 188 g/mol. The van der Waals surface area contributed by atoms with E-state index in [-0.39, 0.29) is 11.8 Å². The van der Waals surface area contributed by atoms with Crippen LogP contribution in [0.15, 0.2) is 18.3 Å². The molecule has 1 amide bonds. The maximum atomic E-state index is 11.2. The SMILES string of the molecule is CC(C)C(=O)Nc1ccnc(Cl)c1. The minimum absolute atomic E-state index is 0.0257. The van der Waals surface area contributed by atoms with Crippen LogP contribution in [0.1, 0.15) is 13.8 Å². The Hall–Kier alpha value is -1.09. The van der Waals surface area contributed by atoms with E-state index in [0.29, 0.717) is 10.8 Å². The van der Waals surface area contributed by atoms with Crippen molar-refractivity contribution in [1.29, 1.82) is 0 Å². The first-order valence-corrected chi connectivity index (χ1v) is 4.40. The van der Waals surface area contributed by atoms with Gasteiger partial charge >= 0.3 is 0 Å². The third-order valence-electron chi connectivity index (χ3n) is 1.52. The fourth-order valence-electron chi connectivity index (χ4n) is 0.767. The van der Waals surface area contributed by atoms with E-state index in [0.717, 1.165) is 0 Å². The van der Waals surface area contributed by atoms with Gasteiger partial charge in [-0.3, -0.25) is 4.79 Å². The van der Waals surface area contributed by atoms with Gasteiger partial charge in [-0.05, 0) is 12.1 Å². The molecule has 13 heavy (non-hydrogen) atoms. The molecule has 70 valence electrons.